The highest BCUT2D eigenvalue weighted by Gasteiger charge is 2.15. The summed E-state index contributed by atoms with van der Waals surface area (Å²) < 4.78 is 18.5. The van der Waals surface area contributed by atoms with E-state index in [1.54, 1.807) is 25.1 Å². The van der Waals surface area contributed by atoms with Gasteiger partial charge in [-0.15, -0.1) is 0 Å². The second kappa shape index (κ2) is 4.28. The highest BCUT2D eigenvalue weighted by molar-refractivity contribution is 6.30. The van der Waals surface area contributed by atoms with Gasteiger partial charge in [0.05, 0.1) is 5.02 Å². The van der Waals surface area contributed by atoms with Crippen LogP contribution in [-0.2, 0) is 0 Å². The normalized spacial score (nSPS) is 12.8. The standard InChI is InChI=1S/C12H10ClFO2/c1-7-2-5-11(16-7)12(15)8-3-4-9(13)10(14)6-8/h2-6,12,15H,1H3/t12-/m0/s1. The molecule has 0 aliphatic heterocycles. The Balaban J connectivity index is 2.33. The number of aliphatic hydroxyl groups is 1. The summed E-state index contributed by atoms with van der Waals surface area (Å²) in [5, 5.41) is 9.95. The summed E-state index contributed by atoms with van der Waals surface area (Å²) in [4.78, 5) is 0. The molecule has 1 N–H and O–H groups in total. The van der Waals surface area contributed by atoms with Crippen LogP contribution < -0.4 is 0 Å². The Morgan fingerprint density at radius 2 is 2.06 bits per heavy atom. The molecular weight excluding hydrogens is 231 g/mol. The van der Waals surface area contributed by atoms with Crippen LogP contribution in [-0.4, -0.2) is 5.11 Å². The van der Waals surface area contributed by atoms with Crippen molar-refractivity contribution >= 4 is 11.6 Å². The Morgan fingerprint density at radius 1 is 1.31 bits per heavy atom. The summed E-state index contributed by atoms with van der Waals surface area (Å²) in [6.45, 7) is 1.78. The third-order valence-corrected chi connectivity index (χ3v) is 2.60. The van der Waals surface area contributed by atoms with Gasteiger partial charge in [-0.05, 0) is 36.8 Å². The molecule has 1 heterocycles. The molecule has 0 aliphatic carbocycles. The monoisotopic (exact) mass is 240 g/mol. The van der Waals surface area contributed by atoms with Crippen molar-refractivity contribution in [3.05, 3.63) is 58.3 Å². The van der Waals surface area contributed by atoms with Crippen molar-refractivity contribution < 1.29 is 13.9 Å². The highest BCUT2D eigenvalue weighted by Crippen LogP contribution is 2.26. The molecule has 2 nitrogen and oxygen atoms in total. The van der Waals surface area contributed by atoms with Crippen molar-refractivity contribution in [1.82, 2.24) is 0 Å². The average molecular weight is 241 g/mol. The first kappa shape index (κ1) is 11.2. The number of rotatable bonds is 2. The lowest BCUT2D eigenvalue weighted by Crippen LogP contribution is -1.98. The second-order valence-electron chi connectivity index (χ2n) is 3.52. The second-order valence-corrected chi connectivity index (χ2v) is 3.93. The fourth-order valence-corrected chi connectivity index (χ4v) is 1.56. The average Bonchev–Trinajstić information content (AvgIpc) is 2.68. The molecule has 0 spiro atoms. The lowest BCUT2D eigenvalue weighted by Gasteiger charge is -2.08. The first-order valence-electron chi connectivity index (χ1n) is 4.77. The molecule has 0 bridgehead atoms. The summed E-state index contributed by atoms with van der Waals surface area (Å²) in [6, 6.07) is 7.57. The molecule has 0 aliphatic rings. The molecule has 16 heavy (non-hydrogen) atoms. The first-order chi connectivity index (χ1) is 7.58. The van der Waals surface area contributed by atoms with Gasteiger partial charge in [-0.3, -0.25) is 0 Å². The van der Waals surface area contributed by atoms with E-state index in [1.165, 1.54) is 12.1 Å². The van der Waals surface area contributed by atoms with Crippen LogP contribution in [0, 0.1) is 12.7 Å². The van der Waals surface area contributed by atoms with Crippen molar-refractivity contribution in [2.75, 3.05) is 0 Å². The molecule has 2 rings (SSSR count). The number of aliphatic hydroxyl groups excluding tert-OH is 1. The lowest BCUT2D eigenvalue weighted by molar-refractivity contribution is 0.187. The summed E-state index contributed by atoms with van der Waals surface area (Å²) in [6.07, 6.45) is -0.972. The smallest absolute Gasteiger partial charge is 0.142 e. The third kappa shape index (κ3) is 2.10. The topological polar surface area (TPSA) is 33.4 Å². The molecular formula is C12H10ClFO2. The first-order valence-corrected chi connectivity index (χ1v) is 5.15. The maximum Gasteiger partial charge on any atom is 0.142 e. The van der Waals surface area contributed by atoms with Crippen LogP contribution in [0.15, 0.2) is 34.7 Å². The van der Waals surface area contributed by atoms with E-state index in [2.05, 4.69) is 0 Å². The van der Waals surface area contributed by atoms with E-state index in [0.29, 0.717) is 17.1 Å². The van der Waals surface area contributed by atoms with Crippen molar-refractivity contribution in [1.29, 1.82) is 0 Å². The molecule has 0 saturated carbocycles. The minimum absolute atomic E-state index is 0.0339. The zero-order valence-corrected chi connectivity index (χ0v) is 9.33. The highest BCUT2D eigenvalue weighted by atomic mass is 35.5. The summed E-state index contributed by atoms with van der Waals surface area (Å²) in [5.41, 5.74) is 0.413. The Morgan fingerprint density at radius 3 is 2.62 bits per heavy atom. The van der Waals surface area contributed by atoms with Crippen LogP contribution >= 0.6 is 11.6 Å². The van der Waals surface area contributed by atoms with E-state index >= 15 is 0 Å². The number of hydrogen-bond acceptors (Lipinski definition) is 2. The molecule has 1 atom stereocenters. The van der Waals surface area contributed by atoms with Crippen LogP contribution in [0.4, 0.5) is 4.39 Å². The third-order valence-electron chi connectivity index (χ3n) is 2.29. The minimum Gasteiger partial charge on any atom is -0.463 e. The molecule has 0 amide bonds. The van der Waals surface area contributed by atoms with Gasteiger partial charge in [0.25, 0.3) is 0 Å². The summed E-state index contributed by atoms with van der Waals surface area (Å²) in [7, 11) is 0. The Bertz CT molecular complexity index is 507. The van der Waals surface area contributed by atoms with Gasteiger partial charge in [0, 0.05) is 0 Å². The Labute approximate surface area is 97.3 Å². The van der Waals surface area contributed by atoms with Crippen LogP contribution in [0.2, 0.25) is 5.02 Å². The molecule has 1 aromatic carbocycles. The van der Waals surface area contributed by atoms with E-state index < -0.39 is 11.9 Å². The molecule has 0 saturated heterocycles. The van der Waals surface area contributed by atoms with E-state index in [0.717, 1.165) is 0 Å². The summed E-state index contributed by atoms with van der Waals surface area (Å²) in [5.74, 6) is 0.532. The van der Waals surface area contributed by atoms with E-state index in [1.807, 2.05) is 0 Å². The fraction of sp³-hybridized carbons (Fsp3) is 0.167. The van der Waals surface area contributed by atoms with Gasteiger partial charge in [-0.1, -0.05) is 17.7 Å². The maximum absolute atomic E-state index is 13.2. The van der Waals surface area contributed by atoms with Crippen LogP contribution in [0.3, 0.4) is 0 Å². The van der Waals surface area contributed by atoms with Crippen molar-refractivity contribution in [3.8, 4) is 0 Å². The zero-order valence-electron chi connectivity index (χ0n) is 8.58. The van der Waals surface area contributed by atoms with Crippen LogP contribution in [0.5, 0.6) is 0 Å². The van der Waals surface area contributed by atoms with E-state index in [9.17, 15) is 9.50 Å². The molecule has 4 heteroatoms. The Hall–Kier alpha value is -1.32. The van der Waals surface area contributed by atoms with Crippen molar-refractivity contribution in [3.63, 3.8) is 0 Å². The van der Waals surface area contributed by atoms with Crippen LogP contribution in [0.1, 0.15) is 23.2 Å². The van der Waals surface area contributed by atoms with Gasteiger partial charge in [-0.25, -0.2) is 4.39 Å². The number of benzene rings is 1. The predicted molar refractivity (Wildman–Crippen MR) is 58.9 cm³/mol. The van der Waals surface area contributed by atoms with Gasteiger partial charge in [0.15, 0.2) is 0 Å². The molecule has 2 aromatic rings. The van der Waals surface area contributed by atoms with Gasteiger partial charge in [0.2, 0.25) is 0 Å². The van der Waals surface area contributed by atoms with Crippen LogP contribution in [0.25, 0.3) is 0 Å². The van der Waals surface area contributed by atoms with Gasteiger partial charge in [-0.2, -0.15) is 0 Å². The van der Waals surface area contributed by atoms with E-state index in [4.69, 9.17) is 16.0 Å². The number of halogens is 2. The van der Waals surface area contributed by atoms with Gasteiger partial charge < -0.3 is 9.52 Å². The number of furan rings is 1. The lowest BCUT2D eigenvalue weighted by atomic mass is 10.1. The predicted octanol–water partition coefficient (Wildman–Crippen LogP) is 3.46. The Kier molecular flexibility index (Phi) is 2.99. The minimum atomic E-state index is -0.972. The molecule has 1 aromatic heterocycles. The van der Waals surface area contributed by atoms with Crippen molar-refractivity contribution in [2.24, 2.45) is 0 Å². The van der Waals surface area contributed by atoms with Gasteiger partial charge >= 0.3 is 0 Å². The van der Waals surface area contributed by atoms with E-state index in [-0.39, 0.29) is 5.02 Å². The maximum atomic E-state index is 13.2. The van der Waals surface area contributed by atoms with Crippen molar-refractivity contribution in [2.45, 2.75) is 13.0 Å². The largest absolute Gasteiger partial charge is 0.463 e. The molecule has 0 unspecified atom stereocenters. The number of aryl methyl sites for hydroxylation is 1. The van der Waals surface area contributed by atoms with Gasteiger partial charge in [0.1, 0.15) is 23.4 Å². The summed E-state index contributed by atoms with van der Waals surface area (Å²) >= 11 is 5.56. The molecule has 84 valence electrons. The molecule has 0 fully saturated rings. The SMILES string of the molecule is Cc1ccc([C@@H](O)c2ccc(Cl)c(F)c2)o1. The quantitative estimate of drug-likeness (QED) is 0.872. The number of hydrogen-bond donors (Lipinski definition) is 1. The molecule has 0 radical (unpaired) electrons. The fourth-order valence-electron chi connectivity index (χ4n) is 1.45. The zero-order chi connectivity index (χ0) is 11.7.